The van der Waals surface area contributed by atoms with E-state index in [2.05, 4.69) is 15.9 Å². The Morgan fingerprint density at radius 3 is 2.20 bits per heavy atom. The highest BCUT2D eigenvalue weighted by Crippen LogP contribution is 2.32. The predicted octanol–water partition coefficient (Wildman–Crippen LogP) is 3.43. The van der Waals surface area contributed by atoms with Crippen LogP contribution in [0.1, 0.15) is 26.7 Å². The third-order valence-corrected chi connectivity index (χ3v) is 3.48. The molecule has 1 fully saturated rings. The van der Waals surface area contributed by atoms with Crippen molar-refractivity contribution in [1.82, 2.24) is 4.90 Å². The van der Waals surface area contributed by atoms with Crippen molar-refractivity contribution < 1.29 is 13.2 Å². The van der Waals surface area contributed by atoms with Crippen molar-refractivity contribution in [1.29, 1.82) is 0 Å². The number of hydrogen-bond donors (Lipinski definition) is 0. The van der Waals surface area contributed by atoms with Gasteiger partial charge in [-0.2, -0.15) is 13.2 Å². The van der Waals surface area contributed by atoms with Crippen LogP contribution in [0.2, 0.25) is 0 Å². The van der Waals surface area contributed by atoms with Crippen LogP contribution in [-0.4, -0.2) is 35.0 Å². The number of halogens is 4. The van der Waals surface area contributed by atoms with Crippen LogP contribution in [-0.2, 0) is 0 Å². The van der Waals surface area contributed by atoms with Gasteiger partial charge in [0.2, 0.25) is 0 Å². The first-order valence-electron chi connectivity index (χ1n) is 5.25. The lowest BCUT2D eigenvalue weighted by Crippen LogP contribution is -2.41. The van der Waals surface area contributed by atoms with Crippen LogP contribution in [0.4, 0.5) is 13.2 Å². The SMILES string of the molecule is CC(C)N(CC1CC1)CC(Br)C(F)(F)F. The molecule has 0 bridgehead atoms. The molecular weight excluding hydrogens is 271 g/mol. The van der Waals surface area contributed by atoms with E-state index < -0.39 is 11.0 Å². The third kappa shape index (κ3) is 4.72. The minimum Gasteiger partial charge on any atom is -0.299 e. The largest absolute Gasteiger partial charge is 0.402 e. The Kier molecular flexibility index (Phi) is 4.47. The molecule has 0 spiro atoms. The van der Waals surface area contributed by atoms with Crippen molar-refractivity contribution in [3.05, 3.63) is 0 Å². The van der Waals surface area contributed by atoms with Crippen LogP contribution in [0.25, 0.3) is 0 Å². The molecular formula is C10H17BrF3N. The highest BCUT2D eigenvalue weighted by atomic mass is 79.9. The molecule has 90 valence electrons. The molecule has 0 radical (unpaired) electrons. The molecule has 0 aromatic heterocycles. The number of nitrogens with zero attached hydrogens (tertiary/aromatic N) is 1. The Balaban J connectivity index is 2.42. The highest BCUT2D eigenvalue weighted by Gasteiger charge is 2.39. The number of hydrogen-bond acceptors (Lipinski definition) is 1. The van der Waals surface area contributed by atoms with Crippen LogP contribution < -0.4 is 0 Å². The average Bonchev–Trinajstić information content (AvgIpc) is 2.84. The van der Waals surface area contributed by atoms with Crippen LogP contribution in [0.5, 0.6) is 0 Å². The zero-order valence-electron chi connectivity index (χ0n) is 9.02. The molecule has 0 amide bonds. The van der Waals surface area contributed by atoms with E-state index in [1.165, 1.54) is 12.8 Å². The van der Waals surface area contributed by atoms with E-state index in [-0.39, 0.29) is 12.6 Å². The van der Waals surface area contributed by atoms with Crippen molar-refractivity contribution in [2.45, 2.75) is 43.7 Å². The van der Waals surface area contributed by atoms with Gasteiger partial charge >= 0.3 is 6.18 Å². The maximum Gasteiger partial charge on any atom is 0.402 e. The van der Waals surface area contributed by atoms with Gasteiger partial charge in [0.15, 0.2) is 0 Å². The molecule has 1 aliphatic carbocycles. The molecule has 15 heavy (non-hydrogen) atoms. The maximum atomic E-state index is 12.4. The summed E-state index contributed by atoms with van der Waals surface area (Å²) in [6.07, 6.45) is -1.80. The third-order valence-electron chi connectivity index (χ3n) is 2.67. The van der Waals surface area contributed by atoms with Crippen molar-refractivity contribution in [3.8, 4) is 0 Å². The molecule has 0 N–H and O–H groups in total. The molecule has 0 saturated heterocycles. The molecule has 0 aromatic rings. The summed E-state index contributed by atoms with van der Waals surface area (Å²) < 4.78 is 37.1. The first-order valence-corrected chi connectivity index (χ1v) is 6.17. The zero-order chi connectivity index (χ0) is 11.6. The summed E-state index contributed by atoms with van der Waals surface area (Å²) in [6, 6.07) is 0.174. The molecule has 1 unspecified atom stereocenters. The Labute approximate surface area is 97.1 Å². The Morgan fingerprint density at radius 2 is 1.87 bits per heavy atom. The van der Waals surface area contributed by atoms with E-state index in [1.807, 2.05) is 18.7 Å². The lowest BCUT2D eigenvalue weighted by atomic mass is 10.2. The van der Waals surface area contributed by atoms with Gasteiger partial charge in [0.1, 0.15) is 4.83 Å². The molecule has 0 aromatic carbocycles. The topological polar surface area (TPSA) is 3.24 Å². The summed E-state index contributed by atoms with van der Waals surface area (Å²) in [7, 11) is 0. The lowest BCUT2D eigenvalue weighted by Gasteiger charge is -2.29. The second kappa shape index (κ2) is 5.04. The lowest BCUT2D eigenvalue weighted by molar-refractivity contribution is -0.131. The molecule has 0 aliphatic heterocycles. The smallest absolute Gasteiger partial charge is 0.299 e. The normalized spacial score (nSPS) is 20.0. The van der Waals surface area contributed by atoms with Crippen molar-refractivity contribution >= 4 is 15.9 Å². The fourth-order valence-corrected chi connectivity index (χ4v) is 1.81. The fourth-order valence-electron chi connectivity index (χ4n) is 1.44. The quantitative estimate of drug-likeness (QED) is 0.701. The Morgan fingerprint density at radius 1 is 1.33 bits per heavy atom. The van der Waals surface area contributed by atoms with Crippen molar-refractivity contribution in [2.24, 2.45) is 5.92 Å². The number of alkyl halides is 4. The van der Waals surface area contributed by atoms with Gasteiger partial charge in [-0.05, 0) is 32.6 Å². The monoisotopic (exact) mass is 287 g/mol. The molecule has 0 heterocycles. The first kappa shape index (κ1) is 13.3. The van der Waals surface area contributed by atoms with Crippen molar-refractivity contribution in [3.63, 3.8) is 0 Å². The van der Waals surface area contributed by atoms with Gasteiger partial charge in [-0.3, -0.25) is 4.90 Å². The molecule has 1 nitrogen and oxygen atoms in total. The zero-order valence-corrected chi connectivity index (χ0v) is 10.6. The second-order valence-corrected chi connectivity index (χ2v) is 5.61. The van der Waals surface area contributed by atoms with Gasteiger partial charge in [0, 0.05) is 19.1 Å². The van der Waals surface area contributed by atoms with Gasteiger partial charge < -0.3 is 0 Å². The van der Waals surface area contributed by atoms with Crippen molar-refractivity contribution in [2.75, 3.05) is 13.1 Å². The summed E-state index contributed by atoms with van der Waals surface area (Å²) in [4.78, 5) is 0.496. The Hall–Kier alpha value is 0.230. The van der Waals surface area contributed by atoms with Gasteiger partial charge in [0.25, 0.3) is 0 Å². The van der Waals surface area contributed by atoms with Gasteiger partial charge in [-0.1, -0.05) is 15.9 Å². The summed E-state index contributed by atoms with van der Waals surface area (Å²) >= 11 is 2.71. The molecule has 1 atom stereocenters. The van der Waals surface area contributed by atoms with E-state index in [1.54, 1.807) is 0 Å². The van der Waals surface area contributed by atoms with Gasteiger partial charge in [-0.15, -0.1) is 0 Å². The van der Waals surface area contributed by atoms with E-state index in [9.17, 15) is 13.2 Å². The Bertz CT molecular complexity index is 201. The van der Waals surface area contributed by atoms with E-state index in [4.69, 9.17) is 0 Å². The van der Waals surface area contributed by atoms with Crippen LogP contribution in [0.3, 0.4) is 0 Å². The summed E-state index contributed by atoms with van der Waals surface area (Å²) in [5.41, 5.74) is 0. The van der Waals surface area contributed by atoms with E-state index >= 15 is 0 Å². The summed E-state index contributed by atoms with van der Waals surface area (Å²) in [5.74, 6) is 0.625. The first-order chi connectivity index (χ1) is 6.80. The van der Waals surface area contributed by atoms with E-state index in [0.717, 1.165) is 6.54 Å². The second-order valence-electron chi connectivity index (χ2n) is 4.50. The molecule has 1 aliphatic rings. The van der Waals surface area contributed by atoms with Gasteiger partial charge in [-0.25, -0.2) is 0 Å². The standard InChI is InChI=1S/C10H17BrF3N/c1-7(2)15(5-8-3-4-8)6-9(11)10(12,13)14/h7-9H,3-6H2,1-2H3. The fraction of sp³-hybridized carbons (Fsp3) is 1.00. The predicted molar refractivity (Wildman–Crippen MR) is 58.2 cm³/mol. The van der Waals surface area contributed by atoms with Crippen LogP contribution in [0.15, 0.2) is 0 Å². The highest BCUT2D eigenvalue weighted by molar-refractivity contribution is 9.09. The minimum absolute atomic E-state index is 0.0532. The van der Waals surface area contributed by atoms with Gasteiger partial charge in [0.05, 0.1) is 0 Å². The van der Waals surface area contributed by atoms with E-state index in [0.29, 0.717) is 5.92 Å². The van der Waals surface area contributed by atoms with Crippen LogP contribution in [0, 0.1) is 5.92 Å². The maximum absolute atomic E-state index is 12.4. The summed E-state index contributed by atoms with van der Waals surface area (Å²) in [5, 5.41) is 0. The number of rotatable bonds is 5. The summed E-state index contributed by atoms with van der Waals surface area (Å²) in [6.45, 7) is 4.74. The molecule has 5 heteroatoms. The molecule has 1 saturated carbocycles. The average molecular weight is 288 g/mol. The minimum atomic E-state index is -4.14. The molecule has 1 rings (SSSR count). The van der Waals surface area contributed by atoms with Crippen LogP contribution >= 0.6 is 15.9 Å².